The highest BCUT2D eigenvalue weighted by atomic mass is 16.4. The first kappa shape index (κ1) is 22.4. The van der Waals surface area contributed by atoms with E-state index in [1.807, 2.05) is 24.3 Å². The van der Waals surface area contributed by atoms with Gasteiger partial charge in [-0.2, -0.15) is 0 Å². The average molecular weight is 336 g/mol. The number of aliphatic carboxylic acids is 1. The molecule has 3 N–H and O–H groups in total. The lowest BCUT2D eigenvalue weighted by molar-refractivity contribution is -0.137. The van der Waals surface area contributed by atoms with Crippen molar-refractivity contribution >= 4 is 5.97 Å². The fraction of sp³-hybridized carbons (Fsp3) is 0.550. The summed E-state index contributed by atoms with van der Waals surface area (Å²) in [6.45, 7) is 0.225. The smallest absolute Gasteiger partial charge is 0.303 e. The second-order valence-corrected chi connectivity index (χ2v) is 5.65. The van der Waals surface area contributed by atoms with E-state index in [1.165, 1.54) is 0 Å². The summed E-state index contributed by atoms with van der Waals surface area (Å²) in [5, 5.41) is 26.9. The van der Waals surface area contributed by atoms with Crippen LogP contribution in [0.4, 0.5) is 0 Å². The minimum absolute atomic E-state index is 0.225. The highest BCUT2D eigenvalue weighted by Gasteiger charge is 1.97. The number of aliphatic hydroxyl groups is 2. The van der Waals surface area contributed by atoms with Crippen molar-refractivity contribution in [2.75, 3.05) is 6.61 Å². The number of unbranched alkanes of at least 4 members (excludes halogenated alkanes) is 3. The molecule has 0 saturated heterocycles. The molecule has 0 spiro atoms. The van der Waals surface area contributed by atoms with E-state index in [-0.39, 0.29) is 13.0 Å². The molecule has 24 heavy (non-hydrogen) atoms. The van der Waals surface area contributed by atoms with E-state index in [0.717, 1.165) is 44.9 Å². The number of hydrogen-bond acceptors (Lipinski definition) is 3. The first-order valence-electron chi connectivity index (χ1n) is 8.81. The van der Waals surface area contributed by atoms with Crippen LogP contribution in [0.1, 0.15) is 57.8 Å². The van der Waals surface area contributed by atoms with Gasteiger partial charge in [-0.3, -0.25) is 4.79 Å². The van der Waals surface area contributed by atoms with Crippen molar-refractivity contribution in [2.24, 2.45) is 0 Å². The number of carboxylic acids is 1. The molecule has 0 bridgehead atoms. The minimum atomic E-state index is -0.738. The van der Waals surface area contributed by atoms with E-state index >= 15 is 0 Å². The molecular formula is C20H32O4. The van der Waals surface area contributed by atoms with Gasteiger partial charge in [0.05, 0.1) is 6.10 Å². The van der Waals surface area contributed by atoms with Gasteiger partial charge in [0, 0.05) is 13.0 Å². The van der Waals surface area contributed by atoms with E-state index in [0.29, 0.717) is 6.42 Å². The van der Waals surface area contributed by atoms with Crippen molar-refractivity contribution in [2.45, 2.75) is 63.9 Å². The van der Waals surface area contributed by atoms with Crippen molar-refractivity contribution in [1.82, 2.24) is 0 Å². The molecule has 0 aliphatic rings. The molecule has 136 valence electrons. The number of carbonyl (C=O) groups is 1. The Balaban J connectivity index is 3.57. The molecule has 0 aliphatic carbocycles. The van der Waals surface area contributed by atoms with E-state index in [9.17, 15) is 9.90 Å². The van der Waals surface area contributed by atoms with Crippen molar-refractivity contribution in [1.29, 1.82) is 0 Å². The topological polar surface area (TPSA) is 77.8 Å². The molecular weight excluding hydrogens is 304 g/mol. The predicted molar refractivity (Wildman–Crippen MR) is 98.8 cm³/mol. The van der Waals surface area contributed by atoms with Crippen molar-refractivity contribution in [3.63, 3.8) is 0 Å². The van der Waals surface area contributed by atoms with Crippen molar-refractivity contribution < 1.29 is 20.1 Å². The predicted octanol–water partition coefficient (Wildman–Crippen LogP) is 4.16. The van der Waals surface area contributed by atoms with Crippen LogP contribution in [0.5, 0.6) is 0 Å². The molecule has 0 amide bonds. The monoisotopic (exact) mass is 336 g/mol. The molecule has 0 aromatic carbocycles. The maximum absolute atomic E-state index is 10.3. The van der Waals surface area contributed by atoms with Gasteiger partial charge in [-0.1, -0.05) is 61.4 Å². The normalized spacial score (nSPS) is 13.8. The number of hydrogen-bond donors (Lipinski definition) is 3. The van der Waals surface area contributed by atoms with Gasteiger partial charge in [-0.25, -0.2) is 0 Å². The molecule has 0 aromatic rings. The maximum Gasteiger partial charge on any atom is 0.303 e. The first-order valence-corrected chi connectivity index (χ1v) is 8.81. The summed E-state index contributed by atoms with van der Waals surface area (Å²) in [4.78, 5) is 10.3. The van der Waals surface area contributed by atoms with Crippen molar-refractivity contribution in [3.8, 4) is 0 Å². The molecule has 0 fully saturated rings. The Hall–Kier alpha value is -1.65. The molecule has 4 heteroatoms. The van der Waals surface area contributed by atoms with Crippen LogP contribution in [0.15, 0.2) is 48.6 Å². The molecule has 0 unspecified atom stereocenters. The van der Waals surface area contributed by atoms with E-state index in [1.54, 1.807) is 6.08 Å². The number of allylic oxidation sites excluding steroid dienone is 7. The third-order valence-corrected chi connectivity index (χ3v) is 3.38. The highest BCUT2D eigenvalue weighted by Crippen LogP contribution is 2.04. The zero-order chi connectivity index (χ0) is 17.9. The van der Waals surface area contributed by atoms with Crippen molar-refractivity contribution in [3.05, 3.63) is 48.6 Å². The molecule has 0 aromatic heterocycles. The Morgan fingerprint density at radius 2 is 1.58 bits per heavy atom. The Labute approximate surface area is 145 Å². The summed E-state index contributed by atoms with van der Waals surface area (Å²) in [5.41, 5.74) is 0. The zero-order valence-electron chi connectivity index (χ0n) is 14.5. The van der Waals surface area contributed by atoms with Gasteiger partial charge in [0.25, 0.3) is 0 Å². The summed E-state index contributed by atoms with van der Waals surface area (Å²) in [5.74, 6) is -0.738. The van der Waals surface area contributed by atoms with Crippen LogP contribution in [0.2, 0.25) is 0 Å². The summed E-state index contributed by atoms with van der Waals surface area (Å²) < 4.78 is 0. The fourth-order valence-corrected chi connectivity index (χ4v) is 2.02. The van der Waals surface area contributed by atoms with Crippen LogP contribution in [-0.4, -0.2) is 34.0 Å². The van der Waals surface area contributed by atoms with Crippen LogP contribution in [0.3, 0.4) is 0 Å². The summed E-state index contributed by atoms with van der Waals surface area (Å²) in [6, 6.07) is 0. The second kappa shape index (κ2) is 17.7. The van der Waals surface area contributed by atoms with E-state index in [4.69, 9.17) is 10.2 Å². The molecule has 1 atom stereocenters. The lowest BCUT2D eigenvalue weighted by atomic mass is 10.1. The molecule has 0 radical (unpaired) electrons. The Bertz CT molecular complexity index is 408. The standard InChI is InChI=1S/C20H32O4/c21-18-14-10-12-16-19(22)15-11-8-6-4-2-1-3-5-7-9-13-17-20(23)24/h1-2,5-8,11,15,19,21-22H,3-4,9-10,12-14,16-18H2,(H,23,24)/b2-1-,7-5-,8-6-,15-11+/t19-/m1/s1. The lowest BCUT2D eigenvalue weighted by Gasteiger charge is -2.03. The van der Waals surface area contributed by atoms with Gasteiger partial charge < -0.3 is 15.3 Å². The van der Waals surface area contributed by atoms with Crippen LogP contribution >= 0.6 is 0 Å². The zero-order valence-corrected chi connectivity index (χ0v) is 14.5. The SMILES string of the molecule is O=C(O)CCC/C=C\C/C=C\C/C=C\C=C\[C@@H](O)CCCCCO. The van der Waals surface area contributed by atoms with Crippen LogP contribution in [-0.2, 0) is 4.79 Å². The third-order valence-electron chi connectivity index (χ3n) is 3.38. The first-order chi connectivity index (χ1) is 11.7. The van der Waals surface area contributed by atoms with Gasteiger partial charge in [0.2, 0.25) is 0 Å². The number of carboxylic acid groups (broad SMARTS) is 1. The Morgan fingerprint density at radius 3 is 2.29 bits per heavy atom. The summed E-state index contributed by atoms with van der Waals surface area (Å²) in [6.07, 6.45) is 22.3. The molecule has 4 nitrogen and oxygen atoms in total. The summed E-state index contributed by atoms with van der Waals surface area (Å²) >= 11 is 0. The quantitative estimate of drug-likeness (QED) is 0.238. The summed E-state index contributed by atoms with van der Waals surface area (Å²) in [7, 11) is 0. The van der Waals surface area contributed by atoms with Gasteiger partial charge in [0.1, 0.15) is 0 Å². The molecule has 0 heterocycles. The van der Waals surface area contributed by atoms with E-state index in [2.05, 4.69) is 18.2 Å². The maximum atomic E-state index is 10.3. The Morgan fingerprint density at radius 1 is 0.875 bits per heavy atom. The highest BCUT2D eigenvalue weighted by molar-refractivity contribution is 5.66. The van der Waals surface area contributed by atoms with Gasteiger partial charge >= 0.3 is 5.97 Å². The van der Waals surface area contributed by atoms with Crippen LogP contribution < -0.4 is 0 Å². The minimum Gasteiger partial charge on any atom is -0.481 e. The largest absolute Gasteiger partial charge is 0.481 e. The van der Waals surface area contributed by atoms with Gasteiger partial charge in [0.15, 0.2) is 0 Å². The fourth-order valence-electron chi connectivity index (χ4n) is 2.02. The third kappa shape index (κ3) is 18.4. The number of rotatable bonds is 15. The van der Waals surface area contributed by atoms with Crippen LogP contribution in [0, 0.1) is 0 Å². The molecule has 0 aliphatic heterocycles. The molecule has 0 rings (SSSR count). The average Bonchev–Trinajstić information content (AvgIpc) is 2.55. The van der Waals surface area contributed by atoms with Crippen LogP contribution in [0.25, 0.3) is 0 Å². The van der Waals surface area contributed by atoms with E-state index < -0.39 is 12.1 Å². The van der Waals surface area contributed by atoms with Gasteiger partial charge in [-0.05, 0) is 38.5 Å². The second-order valence-electron chi connectivity index (χ2n) is 5.65. The van der Waals surface area contributed by atoms with Gasteiger partial charge in [-0.15, -0.1) is 0 Å². The molecule has 0 saturated carbocycles. The number of aliphatic hydroxyl groups excluding tert-OH is 2. The Kier molecular flexibility index (Phi) is 16.5. The lowest BCUT2D eigenvalue weighted by Crippen LogP contribution is -2.01.